The largest absolute Gasteiger partial charge is 0.378 e. The van der Waals surface area contributed by atoms with Gasteiger partial charge in [-0.05, 0) is 24.3 Å². The molecule has 0 bridgehead atoms. The van der Waals surface area contributed by atoms with Gasteiger partial charge in [0.1, 0.15) is 0 Å². The van der Waals surface area contributed by atoms with Crippen molar-refractivity contribution in [3.05, 3.63) is 35.9 Å². The summed E-state index contributed by atoms with van der Waals surface area (Å²) < 4.78 is 5.85. The van der Waals surface area contributed by atoms with E-state index in [0.717, 1.165) is 12.8 Å². The molecule has 3 nitrogen and oxygen atoms in total. The summed E-state index contributed by atoms with van der Waals surface area (Å²) in [7, 11) is 0. The zero-order valence-electron chi connectivity index (χ0n) is 11.8. The first kappa shape index (κ1) is 14.1. The van der Waals surface area contributed by atoms with Crippen molar-refractivity contribution < 1.29 is 9.53 Å². The van der Waals surface area contributed by atoms with E-state index in [4.69, 9.17) is 10.5 Å². The summed E-state index contributed by atoms with van der Waals surface area (Å²) >= 11 is 0. The zero-order chi connectivity index (χ0) is 13.9. The average Bonchev–Trinajstić information content (AvgIpc) is 2.39. The molecule has 19 heavy (non-hydrogen) atoms. The summed E-state index contributed by atoms with van der Waals surface area (Å²) in [4.78, 5) is 11.5. The fourth-order valence-corrected chi connectivity index (χ4v) is 3.03. The number of primary amides is 1. The molecule has 1 heterocycles. The second kappa shape index (κ2) is 5.74. The van der Waals surface area contributed by atoms with Gasteiger partial charge < -0.3 is 10.5 Å². The van der Waals surface area contributed by atoms with Crippen molar-refractivity contribution in [2.24, 2.45) is 11.7 Å². The molecule has 2 rings (SSSR count). The molecule has 0 radical (unpaired) electrons. The highest BCUT2D eigenvalue weighted by molar-refractivity contribution is 5.75. The minimum Gasteiger partial charge on any atom is -0.378 e. The summed E-state index contributed by atoms with van der Waals surface area (Å²) in [5.74, 6) is 0.226. The van der Waals surface area contributed by atoms with Crippen LogP contribution in [0.3, 0.4) is 0 Å². The van der Waals surface area contributed by atoms with Crippen LogP contribution in [0.5, 0.6) is 0 Å². The van der Waals surface area contributed by atoms with Crippen LogP contribution in [-0.2, 0) is 14.9 Å². The van der Waals surface area contributed by atoms with E-state index in [1.54, 1.807) is 0 Å². The van der Waals surface area contributed by atoms with Crippen LogP contribution in [0.25, 0.3) is 0 Å². The third-order valence-corrected chi connectivity index (χ3v) is 4.15. The van der Waals surface area contributed by atoms with Crippen LogP contribution >= 0.6 is 0 Å². The van der Waals surface area contributed by atoms with Crippen molar-refractivity contribution in [2.75, 3.05) is 6.61 Å². The monoisotopic (exact) mass is 261 g/mol. The van der Waals surface area contributed by atoms with Gasteiger partial charge in [-0.3, -0.25) is 4.79 Å². The number of rotatable bonds is 4. The van der Waals surface area contributed by atoms with E-state index < -0.39 is 0 Å². The van der Waals surface area contributed by atoms with Gasteiger partial charge in [0.15, 0.2) is 0 Å². The first-order valence-corrected chi connectivity index (χ1v) is 6.99. The summed E-state index contributed by atoms with van der Waals surface area (Å²) in [6.07, 6.45) is 2.35. The standard InChI is InChI=1S/C16H23NO2/c1-12(2)14-10-16(8-9-19-14,11-15(17)18)13-6-4-3-5-7-13/h3-7,12,14H,8-11H2,1-2H3,(H2,17,18)/t14-,16-/m1/s1. The number of carbonyl (C=O) groups excluding carboxylic acids is 1. The molecule has 1 aliphatic heterocycles. The van der Waals surface area contributed by atoms with Gasteiger partial charge in [0.05, 0.1) is 6.10 Å². The lowest BCUT2D eigenvalue weighted by Gasteiger charge is -2.42. The molecule has 104 valence electrons. The smallest absolute Gasteiger partial charge is 0.218 e. The Morgan fingerprint density at radius 1 is 1.42 bits per heavy atom. The van der Waals surface area contributed by atoms with E-state index in [9.17, 15) is 4.79 Å². The molecule has 3 heteroatoms. The summed E-state index contributed by atoms with van der Waals surface area (Å²) in [5.41, 5.74) is 6.55. The van der Waals surface area contributed by atoms with Gasteiger partial charge in [-0.25, -0.2) is 0 Å². The Bertz CT molecular complexity index is 430. The first-order valence-electron chi connectivity index (χ1n) is 6.99. The van der Waals surface area contributed by atoms with E-state index in [-0.39, 0.29) is 17.4 Å². The van der Waals surface area contributed by atoms with Crippen molar-refractivity contribution >= 4 is 5.91 Å². The number of ether oxygens (including phenoxy) is 1. The maximum atomic E-state index is 11.5. The van der Waals surface area contributed by atoms with Crippen LogP contribution in [0.4, 0.5) is 0 Å². The van der Waals surface area contributed by atoms with Gasteiger partial charge >= 0.3 is 0 Å². The highest BCUT2D eigenvalue weighted by atomic mass is 16.5. The molecular formula is C16H23NO2. The molecule has 1 aliphatic rings. The van der Waals surface area contributed by atoms with Gasteiger partial charge in [-0.1, -0.05) is 44.2 Å². The number of nitrogens with two attached hydrogens (primary N) is 1. The lowest BCUT2D eigenvalue weighted by Crippen LogP contribution is -2.43. The van der Waals surface area contributed by atoms with E-state index >= 15 is 0 Å². The van der Waals surface area contributed by atoms with Crippen LogP contribution in [-0.4, -0.2) is 18.6 Å². The maximum Gasteiger partial charge on any atom is 0.218 e. The number of hydrogen-bond acceptors (Lipinski definition) is 2. The molecule has 0 saturated carbocycles. The number of hydrogen-bond donors (Lipinski definition) is 1. The lowest BCUT2D eigenvalue weighted by molar-refractivity contribution is -0.121. The summed E-state index contributed by atoms with van der Waals surface area (Å²) in [6.45, 7) is 5.02. The molecule has 0 unspecified atom stereocenters. The second-order valence-electron chi connectivity index (χ2n) is 5.90. The Labute approximate surface area is 115 Å². The van der Waals surface area contributed by atoms with E-state index in [0.29, 0.717) is 18.9 Å². The second-order valence-corrected chi connectivity index (χ2v) is 5.90. The van der Waals surface area contributed by atoms with Crippen molar-refractivity contribution in [1.29, 1.82) is 0 Å². The molecule has 2 N–H and O–H groups in total. The topological polar surface area (TPSA) is 52.3 Å². The van der Waals surface area contributed by atoms with Gasteiger partial charge in [0, 0.05) is 18.4 Å². The van der Waals surface area contributed by atoms with Crippen LogP contribution in [0.15, 0.2) is 30.3 Å². The minimum atomic E-state index is -0.228. The molecule has 0 aromatic heterocycles. The average molecular weight is 261 g/mol. The molecule has 1 saturated heterocycles. The van der Waals surface area contributed by atoms with Gasteiger partial charge in [0.25, 0.3) is 0 Å². The quantitative estimate of drug-likeness (QED) is 0.905. The Balaban J connectivity index is 2.32. The first-order chi connectivity index (χ1) is 9.03. The lowest BCUT2D eigenvalue weighted by atomic mass is 9.68. The van der Waals surface area contributed by atoms with Crippen LogP contribution in [0.1, 0.15) is 38.7 Å². The number of benzene rings is 1. The normalized spacial score (nSPS) is 27.4. The molecule has 1 aromatic rings. The van der Waals surface area contributed by atoms with Crippen molar-refractivity contribution in [3.63, 3.8) is 0 Å². The predicted octanol–water partition coefficient (Wildman–Crippen LogP) is 2.63. The molecule has 1 amide bonds. The van der Waals surface area contributed by atoms with Gasteiger partial charge in [0.2, 0.25) is 5.91 Å². The van der Waals surface area contributed by atoms with Crippen molar-refractivity contribution in [2.45, 2.75) is 44.6 Å². The fourth-order valence-electron chi connectivity index (χ4n) is 3.03. The zero-order valence-corrected chi connectivity index (χ0v) is 11.8. The van der Waals surface area contributed by atoms with Gasteiger partial charge in [-0.2, -0.15) is 0 Å². The number of amides is 1. The molecule has 1 aromatic carbocycles. The molecule has 0 spiro atoms. The summed E-state index contributed by atoms with van der Waals surface area (Å²) in [6, 6.07) is 10.3. The van der Waals surface area contributed by atoms with Crippen LogP contribution in [0.2, 0.25) is 0 Å². The Hall–Kier alpha value is -1.35. The molecule has 1 fully saturated rings. The molecular weight excluding hydrogens is 238 g/mol. The van der Waals surface area contributed by atoms with Crippen molar-refractivity contribution in [3.8, 4) is 0 Å². The van der Waals surface area contributed by atoms with E-state index in [1.807, 2.05) is 18.2 Å². The maximum absolute atomic E-state index is 11.5. The Kier molecular flexibility index (Phi) is 4.25. The van der Waals surface area contributed by atoms with Crippen LogP contribution < -0.4 is 5.73 Å². The predicted molar refractivity (Wildman–Crippen MR) is 75.7 cm³/mol. The van der Waals surface area contributed by atoms with E-state index in [2.05, 4.69) is 26.0 Å². The van der Waals surface area contributed by atoms with Crippen molar-refractivity contribution in [1.82, 2.24) is 0 Å². The van der Waals surface area contributed by atoms with Gasteiger partial charge in [-0.15, -0.1) is 0 Å². The number of carbonyl (C=O) groups is 1. The Morgan fingerprint density at radius 2 is 2.11 bits per heavy atom. The molecule has 2 atom stereocenters. The fraction of sp³-hybridized carbons (Fsp3) is 0.562. The Morgan fingerprint density at radius 3 is 2.68 bits per heavy atom. The highest BCUT2D eigenvalue weighted by Gasteiger charge is 2.40. The third kappa shape index (κ3) is 3.16. The summed E-state index contributed by atoms with van der Waals surface area (Å²) in [5, 5.41) is 0. The van der Waals surface area contributed by atoms with Crippen LogP contribution in [0, 0.1) is 5.92 Å². The third-order valence-electron chi connectivity index (χ3n) is 4.15. The van der Waals surface area contributed by atoms with E-state index in [1.165, 1.54) is 5.56 Å². The minimum absolute atomic E-state index is 0.152. The SMILES string of the molecule is CC(C)[C@H]1C[C@](CC(N)=O)(c2ccccc2)CCO1. The highest BCUT2D eigenvalue weighted by Crippen LogP contribution is 2.41. The molecule has 0 aliphatic carbocycles.